The van der Waals surface area contributed by atoms with Gasteiger partial charge < -0.3 is 29.2 Å². The lowest BCUT2D eigenvalue weighted by Gasteiger charge is -2.26. The fourth-order valence-electron chi connectivity index (χ4n) is 7.70. The topological polar surface area (TPSA) is 133 Å². The number of anilines is 3. The molecular weight excluding hydrogens is 739 g/mol. The number of imidazole rings is 2. The summed E-state index contributed by atoms with van der Waals surface area (Å²) in [5.74, 6) is 3.19. The number of amides is 1. The molecule has 308 valence electrons. The van der Waals surface area contributed by atoms with Crippen LogP contribution < -0.4 is 14.9 Å². The first-order valence-electron chi connectivity index (χ1n) is 20.2. The predicted octanol–water partition coefficient (Wildman–Crippen LogP) is 8.35. The summed E-state index contributed by atoms with van der Waals surface area (Å²) < 4.78 is 43.6. The Bertz CT molecular complexity index is 2270. The van der Waals surface area contributed by atoms with Crippen molar-refractivity contribution in [1.29, 1.82) is 0 Å². The number of carbonyl (C=O) groups excluding carboxylic acids is 1. The molecule has 0 saturated carbocycles. The molecule has 2 N–H and O–H groups in total. The Morgan fingerprint density at radius 3 is 1.65 bits per heavy atom. The van der Waals surface area contributed by atoms with E-state index < -0.39 is 10.0 Å². The number of nitrogens with one attached hydrogen (secondary N) is 2. The van der Waals surface area contributed by atoms with Crippen LogP contribution in [0.5, 0.6) is 0 Å². The number of rotatable bonds is 9. The third kappa shape index (κ3) is 9.81. The standard InChI is InChI=1S/C26H34N4O4S.C18H27N3O/c1-18(31)27-20-6-9-22(10-7-20)35(32,33)29(5)21-8-11-24-23(16-21)28-25(26(2,3)4)30(24)17-19-12-14-34-15-13-19;1-18(2,3)17-20-15-11-14(19-4)5-6-16(15)21(17)12-13-7-9-22-10-8-13/h6-11,16,19H,12-15,17H2,1-5H3,(H,27,31);5-6,11,13,19H,7-10,12H2,1-4H3. The maximum Gasteiger partial charge on any atom is 0.264 e. The molecule has 13 heteroatoms. The largest absolute Gasteiger partial charge is 0.388 e. The summed E-state index contributed by atoms with van der Waals surface area (Å²) in [6, 6.07) is 18.3. The van der Waals surface area contributed by atoms with Gasteiger partial charge in [0.2, 0.25) is 5.91 Å². The van der Waals surface area contributed by atoms with Crippen molar-refractivity contribution in [3.8, 4) is 0 Å². The van der Waals surface area contributed by atoms with E-state index in [0.717, 1.165) is 93.3 Å². The molecule has 5 aromatic rings. The predicted molar refractivity (Wildman–Crippen MR) is 230 cm³/mol. The minimum absolute atomic E-state index is 0.0456. The number of sulfonamides is 1. The second-order valence-corrected chi connectivity index (χ2v) is 19.5. The van der Waals surface area contributed by atoms with E-state index in [1.54, 1.807) is 19.2 Å². The summed E-state index contributed by atoms with van der Waals surface area (Å²) in [6.45, 7) is 19.9. The molecule has 0 aliphatic carbocycles. The third-order valence-corrected chi connectivity index (χ3v) is 12.7. The summed E-state index contributed by atoms with van der Waals surface area (Å²) in [6.07, 6.45) is 4.36. The highest BCUT2D eigenvalue weighted by Gasteiger charge is 2.28. The van der Waals surface area contributed by atoms with Gasteiger partial charge >= 0.3 is 0 Å². The fraction of sp³-hybridized carbons (Fsp3) is 0.523. The fourth-order valence-corrected chi connectivity index (χ4v) is 8.89. The highest BCUT2D eigenvalue weighted by Crippen LogP contribution is 2.33. The molecule has 12 nitrogen and oxygen atoms in total. The Labute approximate surface area is 338 Å². The second-order valence-electron chi connectivity index (χ2n) is 17.5. The minimum atomic E-state index is -3.79. The van der Waals surface area contributed by atoms with E-state index >= 15 is 0 Å². The lowest BCUT2D eigenvalue weighted by Crippen LogP contribution is -2.26. The highest BCUT2D eigenvalue weighted by atomic mass is 32.2. The van der Waals surface area contributed by atoms with E-state index in [1.165, 1.54) is 34.7 Å². The van der Waals surface area contributed by atoms with Crippen molar-refractivity contribution >= 4 is 55.1 Å². The number of nitrogens with zero attached hydrogens (tertiary/aromatic N) is 5. The van der Waals surface area contributed by atoms with Crippen LogP contribution in [0.15, 0.2) is 65.6 Å². The molecular formula is C44H61N7O5S. The van der Waals surface area contributed by atoms with E-state index in [0.29, 0.717) is 23.2 Å². The summed E-state index contributed by atoms with van der Waals surface area (Å²) in [7, 11) is -0.295. The Morgan fingerprint density at radius 1 is 0.737 bits per heavy atom. The van der Waals surface area contributed by atoms with Crippen LogP contribution in [0.2, 0.25) is 0 Å². The first-order valence-corrected chi connectivity index (χ1v) is 21.6. The van der Waals surface area contributed by atoms with Crippen LogP contribution in [0.4, 0.5) is 17.1 Å². The smallest absolute Gasteiger partial charge is 0.264 e. The zero-order valence-electron chi connectivity index (χ0n) is 35.2. The average molecular weight is 800 g/mol. The van der Waals surface area contributed by atoms with Gasteiger partial charge in [-0.15, -0.1) is 0 Å². The number of hydrogen-bond donors (Lipinski definition) is 2. The van der Waals surface area contributed by atoms with Gasteiger partial charge in [0.15, 0.2) is 0 Å². The van der Waals surface area contributed by atoms with Gasteiger partial charge in [0, 0.05) is 82.7 Å². The maximum absolute atomic E-state index is 13.3. The van der Waals surface area contributed by atoms with Crippen molar-refractivity contribution in [2.45, 2.75) is 103 Å². The van der Waals surface area contributed by atoms with Crippen molar-refractivity contribution in [3.05, 3.63) is 72.3 Å². The lowest BCUT2D eigenvalue weighted by molar-refractivity contribution is -0.114. The first-order chi connectivity index (χ1) is 26.9. The van der Waals surface area contributed by atoms with Crippen LogP contribution in [0, 0.1) is 11.8 Å². The second kappa shape index (κ2) is 17.2. The number of carbonyl (C=O) groups is 1. The van der Waals surface area contributed by atoms with Crippen molar-refractivity contribution in [3.63, 3.8) is 0 Å². The molecule has 0 radical (unpaired) electrons. The van der Waals surface area contributed by atoms with Gasteiger partial charge in [-0.05, 0) is 98.2 Å². The van der Waals surface area contributed by atoms with Crippen LogP contribution in [0.25, 0.3) is 22.1 Å². The van der Waals surface area contributed by atoms with E-state index in [-0.39, 0.29) is 21.6 Å². The molecule has 7 rings (SSSR count). The summed E-state index contributed by atoms with van der Waals surface area (Å²) >= 11 is 0. The molecule has 2 aliphatic heterocycles. The Kier molecular flexibility index (Phi) is 12.7. The Morgan fingerprint density at radius 2 is 1.19 bits per heavy atom. The zero-order chi connectivity index (χ0) is 41.1. The molecule has 2 aliphatic rings. The van der Waals surface area contributed by atoms with Gasteiger partial charge in [-0.2, -0.15) is 0 Å². The first kappa shape index (κ1) is 42.2. The molecule has 2 fully saturated rings. The van der Waals surface area contributed by atoms with E-state index in [4.69, 9.17) is 19.4 Å². The van der Waals surface area contributed by atoms with Gasteiger partial charge in [0.05, 0.1) is 32.6 Å². The zero-order valence-corrected chi connectivity index (χ0v) is 36.0. The molecule has 4 heterocycles. The molecule has 3 aromatic carbocycles. The Balaban J connectivity index is 0.000000214. The lowest BCUT2D eigenvalue weighted by atomic mass is 9.94. The van der Waals surface area contributed by atoms with E-state index in [9.17, 15) is 13.2 Å². The maximum atomic E-state index is 13.3. The number of hydrogen-bond acceptors (Lipinski definition) is 8. The van der Waals surface area contributed by atoms with Crippen molar-refractivity contribution < 1.29 is 22.7 Å². The summed E-state index contributed by atoms with van der Waals surface area (Å²) in [5.41, 5.74) is 6.22. The summed E-state index contributed by atoms with van der Waals surface area (Å²) in [5, 5.41) is 5.85. The van der Waals surface area contributed by atoms with Gasteiger partial charge in [-0.25, -0.2) is 18.4 Å². The quantitative estimate of drug-likeness (QED) is 0.152. The van der Waals surface area contributed by atoms with Crippen LogP contribution in [-0.4, -0.2) is 74.0 Å². The molecule has 2 saturated heterocycles. The van der Waals surface area contributed by atoms with Gasteiger partial charge in [0.25, 0.3) is 10.0 Å². The number of fused-ring (bicyclic) bond motifs is 2. The minimum Gasteiger partial charge on any atom is -0.388 e. The molecule has 0 spiro atoms. The number of ether oxygens (including phenoxy) is 2. The van der Waals surface area contributed by atoms with Crippen molar-refractivity contribution in [2.75, 3.05) is 55.5 Å². The molecule has 57 heavy (non-hydrogen) atoms. The van der Waals surface area contributed by atoms with Gasteiger partial charge in [-0.1, -0.05) is 41.5 Å². The van der Waals surface area contributed by atoms with Crippen LogP contribution >= 0.6 is 0 Å². The highest BCUT2D eigenvalue weighted by molar-refractivity contribution is 7.92. The van der Waals surface area contributed by atoms with Gasteiger partial charge in [0.1, 0.15) is 11.6 Å². The average Bonchev–Trinajstić information content (AvgIpc) is 3.73. The van der Waals surface area contributed by atoms with E-state index in [2.05, 4.69) is 79.5 Å². The normalized spacial score (nSPS) is 16.0. The van der Waals surface area contributed by atoms with Crippen LogP contribution in [-0.2, 0) is 48.2 Å². The van der Waals surface area contributed by atoms with Crippen molar-refractivity contribution in [2.24, 2.45) is 11.8 Å². The Hall–Kier alpha value is -4.46. The van der Waals surface area contributed by atoms with Crippen LogP contribution in [0.1, 0.15) is 85.8 Å². The number of benzene rings is 3. The summed E-state index contributed by atoms with van der Waals surface area (Å²) in [4.78, 5) is 21.3. The van der Waals surface area contributed by atoms with Gasteiger partial charge in [-0.3, -0.25) is 9.10 Å². The molecule has 0 unspecified atom stereocenters. The van der Waals surface area contributed by atoms with Crippen LogP contribution in [0.3, 0.4) is 0 Å². The van der Waals surface area contributed by atoms with E-state index in [1.807, 2.05) is 25.2 Å². The third-order valence-electron chi connectivity index (χ3n) is 10.9. The SMILES string of the molecule is CC(=O)Nc1ccc(S(=O)(=O)N(C)c2ccc3c(c2)nc(C(C)(C)C)n3CC2CCOCC2)cc1.CNc1ccc2c(c1)nc(C(C)(C)C)n2CC1CCOCC1. The molecule has 0 atom stereocenters. The monoisotopic (exact) mass is 799 g/mol. The number of aromatic nitrogens is 4. The molecule has 0 bridgehead atoms. The van der Waals surface area contributed by atoms with Crippen molar-refractivity contribution in [1.82, 2.24) is 19.1 Å². The molecule has 2 aromatic heterocycles. The molecule has 1 amide bonds.